The van der Waals surface area contributed by atoms with Crippen molar-refractivity contribution in [1.82, 2.24) is 5.32 Å². The molecule has 0 aromatic rings. The first kappa shape index (κ1) is 16.0. The summed E-state index contributed by atoms with van der Waals surface area (Å²) in [6, 6.07) is 0.344. The first-order valence-electron chi connectivity index (χ1n) is 7.63. The predicted octanol–water partition coefficient (Wildman–Crippen LogP) is 4.42. The molecule has 0 aromatic carbocycles. The number of carbonyl (C=O) groups excluding carboxylic acids is 1. The van der Waals surface area contributed by atoms with E-state index in [4.69, 9.17) is 0 Å². The van der Waals surface area contributed by atoms with Crippen molar-refractivity contribution in [2.45, 2.75) is 82.5 Å². The van der Waals surface area contributed by atoms with E-state index >= 15 is 0 Å². The van der Waals surface area contributed by atoms with Crippen LogP contribution in [0.4, 0.5) is 0 Å². The highest BCUT2D eigenvalue weighted by Crippen LogP contribution is 2.24. The molecule has 2 unspecified atom stereocenters. The van der Waals surface area contributed by atoms with E-state index in [1.54, 1.807) is 0 Å². The third-order valence-electron chi connectivity index (χ3n) is 3.90. The van der Waals surface area contributed by atoms with E-state index in [1.165, 1.54) is 25.7 Å². The molecule has 0 spiro atoms. The number of nitrogens with one attached hydrogen (secondary N) is 1. The van der Waals surface area contributed by atoms with Gasteiger partial charge in [0, 0.05) is 16.8 Å². The summed E-state index contributed by atoms with van der Waals surface area (Å²) in [5, 5.41) is 3.29. The Hall–Kier alpha value is -0.0500. The van der Waals surface area contributed by atoms with Crippen LogP contribution in [0.1, 0.15) is 71.6 Å². The second-order valence-corrected chi connectivity index (χ2v) is 6.72. The monoisotopic (exact) mass is 317 g/mol. The van der Waals surface area contributed by atoms with E-state index in [9.17, 15) is 4.79 Å². The Morgan fingerprint density at radius 1 is 1.17 bits per heavy atom. The molecule has 1 rings (SSSR count). The number of halogens is 1. The van der Waals surface area contributed by atoms with Crippen molar-refractivity contribution in [3.8, 4) is 0 Å². The minimum absolute atomic E-state index is 0.225. The third-order valence-corrected chi connectivity index (χ3v) is 5.00. The quantitative estimate of drug-likeness (QED) is 0.570. The summed E-state index contributed by atoms with van der Waals surface area (Å²) in [5.74, 6) is 0.512. The maximum absolute atomic E-state index is 12.3. The summed E-state index contributed by atoms with van der Waals surface area (Å²) < 4.78 is 0. The van der Waals surface area contributed by atoms with Crippen LogP contribution < -0.4 is 5.32 Å². The van der Waals surface area contributed by atoms with Crippen molar-refractivity contribution in [1.29, 1.82) is 0 Å². The molecule has 1 aliphatic carbocycles. The van der Waals surface area contributed by atoms with Gasteiger partial charge >= 0.3 is 0 Å². The molecule has 0 aliphatic heterocycles. The Balaban J connectivity index is 2.49. The van der Waals surface area contributed by atoms with Crippen LogP contribution in [-0.2, 0) is 4.79 Å². The minimum atomic E-state index is 0.225. The van der Waals surface area contributed by atoms with Crippen molar-refractivity contribution < 1.29 is 4.79 Å². The van der Waals surface area contributed by atoms with E-state index in [2.05, 4.69) is 35.1 Å². The van der Waals surface area contributed by atoms with Crippen molar-refractivity contribution in [2.75, 3.05) is 0 Å². The Bertz CT molecular complexity index is 239. The summed E-state index contributed by atoms with van der Waals surface area (Å²) in [5.41, 5.74) is 0. The minimum Gasteiger partial charge on any atom is -0.352 e. The first-order valence-corrected chi connectivity index (χ1v) is 8.55. The van der Waals surface area contributed by atoms with Gasteiger partial charge in [-0.25, -0.2) is 0 Å². The topological polar surface area (TPSA) is 29.1 Å². The van der Waals surface area contributed by atoms with Crippen LogP contribution in [0.2, 0.25) is 0 Å². The highest BCUT2D eigenvalue weighted by molar-refractivity contribution is 9.09. The van der Waals surface area contributed by atoms with Gasteiger partial charge in [0.15, 0.2) is 0 Å². The zero-order chi connectivity index (χ0) is 13.4. The molecule has 1 amide bonds. The van der Waals surface area contributed by atoms with E-state index in [1.807, 2.05) is 0 Å². The number of hydrogen-bond acceptors (Lipinski definition) is 1. The second-order valence-electron chi connectivity index (χ2n) is 5.54. The Kier molecular flexibility index (Phi) is 7.96. The largest absolute Gasteiger partial charge is 0.352 e. The van der Waals surface area contributed by atoms with Crippen LogP contribution in [0.25, 0.3) is 0 Å². The fourth-order valence-corrected chi connectivity index (χ4v) is 3.55. The fraction of sp³-hybridized carbons (Fsp3) is 0.933. The summed E-state index contributed by atoms with van der Waals surface area (Å²) in [6.07, 6.45) is 10.4. The van der Waals surface area contributed by atoms with Crippen LogP contribution in [0.3, 0.4) is 0 Å². The van der Waals surface area contributed by atoms with Crippen LogP contribution in [0, 0.1) is 5.92 Å². The van der Waals surface area contributed by atoms with Crippen molar-refractivity contribution >= 4 is 21.8 Å². The Morgan fingerprint density at radius 3 is 2.39 bits per heavy atom. The van der Waals surface area contributed by atoms with Crippen LogP contribution in [-0.4, -0.2) is 16.8 Å². The van der Waals surface area contributed by atoms with Crippen LogP contribution in [0.15, 0.2) is 0 Å². The zero-order valence-corrected chi connectivity index (χ0v) is 13.5. The lowest BCUT2D eigenvalue weighted by molar-refractivity contribution is -0.126. The molecule has 18 heavy (non-hydrogen) atoms. The summed E-state index contributed by atoms with van der Waals surface area (Å²) in [7, 11) is 0. The van der Waals surface area contributed by atoms with Gasteiger partial charge in [-0.3, -0.25) is 4.79 Å². The highest BCUT2D eigenvalue weighted by Gasteiger charge is 2.25. The predicted molar refractivity (Wildman–Crippen MR) is 81.0 cm³/mol. The first-order chi connectivity index (χ1) is 8.69. The molecule has 0 heterocycles. The van der Waals surface area contributed by atoms with Gasteiger partial charge in [-0.2, -0.15) is 0 Å². The molecule has 1 aliphatic rings. The molecule has 3 heteroatoms. The van der Waals surface area contributed by atoms with Gasteiger partial charge in [-0.15, -0.1) is 0 Å². The van der Waals surface area contributed by atoms with Gasteiger partial charge in [0.25, 0.3) is 0 Å². The number of alkyl halides is 1. The molecule has 0 saturated heterocycles. The van der Waals surface area contributed by atoms with E-state index in [0.29, 0.717) is 10.9 Å². The summed E-state index contributed by atoms with van der Waals surface area (Å²) in [6.45, 7) is 4.32. The van der Waals surface area contributed by atoms with E-state index in [0.717, 1.165) is 32.1 Å². The lowest BCUT2D eigenvalue weighted by atomic mass is 9.96. The highest BCUT2D eigenvalue weighted by atomic mass is 79.9. The zero-order valence-electron chi connectivity index (χ0n) is 11.9. The molecule has 1 fully saturated rings. The third kappa shape index (κ3) is 5.29. The fourth-order valence-electron chi connectivity index (χ4n) is 2.83. The molecule has 1 saturated carbocycles. The lowest BCUT2D eigenvalue weighted by Crippen LogP contribution is -2.43. The van der Waals surface area contributed by atoms with Gasteiger partial charge in [0.05, 0.1) is 0 Å². The molecule has 2 atom stereocenters. The number of hydrogen-bond donors (Lipinski definition) is 1. The van der Waals surface area contributed by atoms with Gasteiger partial charge in [-0.1, -0.05) is 61.9 Å². The van der Waals surface area contributed by atoms with Gasteiger partial charge in [0.2, 0.25) is 5.91 Å². The average Bonchev–Trinajstić information content (AvgIpc) is 2.55. The van der Waals surface area contributed by atoms with Crippen molar-refractivity contribution in [3.05, 3.63) is 0 Å². The second kappa shape index (κ2) is 8.95. The van der Waals surface area contributed by atoms with E-state index in [-0.39, 0.29) is 11.8 Å². The Morgan fingerprint density at radius 2 is 1.78 bits per heavy atom. The maximum atomic E-state index is 12.3. The molecule has 1 N–H and O–H groups in total. The molecule has 0 bridgehead atoms. The molecule has 2 nitrogen and oxygen atoms in total. The number of rotatable bonds is 6. The normalized spacial score (nSPS) is 24.9. The number of carbonyl (C=O) groups is 1. The van der Waals surface area contributed by atoms with Crippen LogP contribution in [0.5, 0.6) is 0 Å². The van der Waals surface area contributed by atoms with Gasteiger partial charge < -0.3 is 5.32 Å². The van der Waals surface area contributed by atoms with E-state index < -0.39 is 0 Å². The van der Waals surface area contributed by atoms with Gasteiger partial charge in [0.1, 0.15) is 0 Å². The number of amides is 1. The molecule has 106 valence electrons. The molecular formula is C15H28BrNO. The Labute approximate surface area is 120 Å². The van der Waals surface area contributed by atoms with Gasteiger partial charge in [-0.05, 0) is 25.7 Å². The SMILES string of the molecule is CCCC(CCC)C(=O)NC1CCCCCC1Br. The smallest absolute Gasteiger partial charge is 0.223 e. The molecule has 0 aromatic heterocycles. The standard InChI is InChI=1S/C15H28BrNO/c1-3-8-12(9-4-2)15(18)17-14-11-7-5-6-10-13(14)16/h12-14H,3-11H2,1-2H3,(H,17,18). The van der Waals surface area contributed by atoms with Crippen molar-refractivity contribution in [3.63, 3.8) is 0 Å². The van der Waals surface area contributed by atoms with Crippen LogP contribution >= 0.6 is 15.9 Å². The average molecular weight is 318 g/mol. The van der Waals surface area contributed by atoms with Crippen molar-refractivity contribution in [2.24, 2.45) is 5.92 Å². The lowest BCUT2D eigenvalue weighted by Gasteiger charge is -2.24. The molecular weight excluding hydrogens is 290 g/mol. The summed E-state index contributed by atoms with van der Waals surface area (Å²) >= 11 is 3.75. The maximum Gasteiger partial charge on any atom is 0.223 e. The molecule has 0 radical (unpaired) electrons. The summed E-state index contributed by atoms with van der Waals surface area (Å²) in [4.78, 5) is 12.8.